The highest BCUT2D eigenvalue weighted by atomic mass is 79.9. The third-order valence-electron chi connectivity index (χ3n) is 3.52. The Labute approximate surface area is 134 Å². The summed E-state index contributed by atoms with van der Waals surface area (Å²) < 4.78 is 14.4. The molecule has 21 heavy (non-hydrogen) atoms. The van der Waals surface area contributed by atoms with Gasteiger partial charge in [-0.2, -0.15) is 0 Å². The van der Waals surface area contributed by atoms with Gasteiger partial charge >= 0.3 is 0 Å². The van der Waals surface area contributed by atoms with Crippen molar-refractivity contribution in [1.29, 1.82) is 0 Å². The number of carbonyl (C=O) groups excluding carboxylic acids is 1. The van der Waals surface area contributed by atoms with Gasteiger partial charge in [-0.3, -0.25) is 4.79 Å². The molecule has 2 aromatic rings. The fourth-order valence-electron chi connectivity index (χ4n) is 2.53. The molecule has 2 heterocycles. The molecule has 0 aliphatic carbocycles. The van der Waals surface area contributed by atoms with Crippen LogP contribution in [0, 0.1) is 5.82 Å². The lowest BCUT2D eigenvalue weighted by Gasteiger charge is -2.36. The van der Waals surface area contributed by atoms with E-state index in [1.54, 1.807) is 6.07 Å². The lowest BCUT2D eigenvalue weighted by Crippen LogP contribution is -2.48. The highest BCUT2D eigenvalue weighted by Gasteiger charge is 2.29. The number of amides is 1. The molecule has 0 bridgehead atoms. The number of hydrogen-bond acceptors (Lipinski definition) is 3. The van der Waals surface area contributed by atoms with E-state index in [1.807, 2.05) is 23.1 Å². The zero-order chi connectivity index (χ0) is 14.8. The Hall–Kier alpha value is -1.24. The predicted molar refractivity (Wildman–Crippen MR) is 85.1 cm³/mol. The van der Waals surface area contributed by atoms with Gasteiger partial charge in [0.15, 0.2) is 0 Å². The van der Waals surface area contributed by atoms with Gasteiger partial charge in [-0.05, 0) is 45.8 Å². The molecule has 110 valence electrons. The largest absolute Gasteiger partial charge is 0.328 e. The quantitative estimate of drug-likeness (QED) is 0.880. The first kappa shape index (κ1) is 14.7. The van der Waals surface area contributed by atoms with E-state index in [2.05, 4.69) is 21.2 Å². The summed E-state index contributed by atoms with van der Waals surface area (Å²) in [4.78, 5) is 15.2. The normalized spacial score (nSPS) is 18.8. The molecule has 0 saturated carbocycles. The molecule has 1 aromatic carbocycles. The minimum absolute atomic E-state index is 0.00135. The van der Waals surface area contributed by atoms with E-state index in [0.29, 0.717) is 18.0 Å². The van der Waals surface area contributed by atoms with E-state index in [9.17, 15) is 9.18 Å². The number of carbonyl (C=O) groups is 1. The maximum absolute atomic E-state index is 13.4. The summed E-state index contributed by atoms with van der Waals surface area (Å²) in [6, 6.07) is 10.0. The lowest BCUT2D eigenvalue weighted by atomic mass is 10.0. The second kappa shape index (κ2) is 6.25. The van der Waals surface area contributed by atoms with Crippen LogP contribution in [0.15, 0.2) is 40.2 Å². The minimum atomic E-state index is -0.274. The first-order valence-corrected chi connectivity index (χ1v) is 8.28. The van der Waals surface area contributed by atoms with Gasteiger partial charge in [-0.15, -0.1) is 11.3 Å². The molecule has 1 unspecified atom stereocenters. The van der Waals surface area contributed by atoms with E-state index < -0.39 is 0 Å². The standard InChI is InChI=1S/C15H14BrFN2OS/c16-14-5-4-13(21-14)15(20)19-7-6-18-9-12(19)10-2-1-3-11(17)8-10/h1-5,8,12,18H,6-7,9H2. The third-order valence-corrected chi connectivity index (χ3v) is 5.13. The number of thiophene rings is 1. The minimum Gasteiger partial charge on any atom is -0.328 e. The molecule has 6 heteroatoms. The Morgan fingerprint density at radius 2 is 2.24 bits per heavy atom. The van der Waals surface area contributed by atoms with Crippen molar-refractivity contribution in [3.05, 3.63) is 56.4 Å². The number of rotatable bonds is 2. The van der Waals surface area contributed by atoms with E-state index >= 15 is 0 Å². The van der Waals surface area contributed by atoms with Crippen LogP contribution in [-0.4, -0.2) is 30.4 Å². The third kappa shape index (κ3) is 3.17. The zero-order valence-electron chi connectivity index (χ0n) is 11.2. The summed E-state index contributed by atoms with van der Waals surface area (Å²) >= 11 is 4.80. The van der Waals surface area contributed by atoms with Crippen LogP contribution in [0.3, 0.4) is 0 Å². The molecule has 1 N–H and O–H groups in total. The van der Waals surface area contributed by atoms with Crippen molar-refractivity contribution in [3.8, 4) is 0 Å². The summed E-state index contributed by atoms with van der Waals surface area (Å²) in [6.45, 7) is 2.02. The monoisotopic (exact) mass is 368 g/mol. The number of nitrogens with zero attached hydrogens (tertiary/aromatic N) is 1. The van der Waals surface area contributed by atoms with E-state index in [4.69, 9.17) is 0 Å². The van der Waals surface area contributed by atoms with E-state index in [1.165, 1.54) is 23.5 Å². The van der Waals surface area contributed by atoms with Crippen molar-refractivity contribution in [2.75, 3.05) is 19.6 Å². The predicted octanol–water partition coefficient (Wildman–Crippen LogP) is 3.44. The highest BCUT2D eigenvalue weighted by molar-refractivity contribution is 9.11. The summed E-state index contributed by atoms with van der Waals surface area (Å²) in [5.74, 6) is -0.272. The SMILES string of the molecule is O=C(c1ccc(Br)s1)N1CCNCC1c1cccc(F)c1. The van der Waals surface area contributed by atoms with Crippen LogP contribution < -0.4 is 5.32 Å². The molecule has 0 radical (unpaired) electrons. The number of nitrogens with one attached hydrogen (secondary N) is 1. The Balaban J connectivity index is 1.89. The Bertz CT molecular complexity index is 661. The van der Waals surface area contributed by atoms with Crippen molar-refractivity contribution >= 4 is 33.2 Å². The van der Waals surface area contributed by atoms with Crippen molar-refractivity contribution in [2.24, 2.45) is 0 Å². The Kier molecular flexibility index (Phi) is 4.37. The smallest absolute Gasteiger partial charge is 0.264 e. The number of halogens is 2. The second-order valence-corrected chi connectivity index (χ2v) is 7.34. The fourth-order valence-corrected chi connectivity index (χ4v) is 3.87. The van der Waals surface area contributed by atoms with Gasteiger partial charge in [-0.25, -0.2) is 4.39 Å². The average molecular weight is 369 g/mol. The van der Waals surface area contributed by atoms with Crippen molar-refractivity contribution in [2.45, 2.75) is 6.04 Å². The van der Waals surface area contributed by atoms with Crippen molar-refractivity contribution < 1.29 is 9.18 Å². The van der Waals surface area contributed by atoms with Gasteiger partial charge in [0.1, 0.15) is 5.82 Å². The molecular weight excluding hydrogens is 355 g/mol. The Morgan fingerprint density at radius 3 is 2.95 bits per heavy atom. The molecule has 1 atom stereocenters. The molecule has 3 nitrogen and oxygen atoms in total. The summed E-state index contributed by atoms with van der Waals surface area (Å²) in [5, 5.41) is 3.27. The maximum Gasteiger partial charge on any atom is 0.264 e. The zero-order valence-corrected chi connectivity index (χ0v) is 13.6. The molecular formula is C15H14BrFN2OS. The molecule has 1 aromatic heterocycles. The Morgan fingerprint density at radius 1 is 1.38 bits per heavy atom. The first-order valence-electron chi connectivity index (χ1n) is 6.67. The van der Waals surface area contributed by atoms with Gasteiger partial charge in [0.2, 0.25) is 0 Å². The average Bonchev–Trinajstić information content (AvgIpc) is 2.93. The molecule has 0 spiro atoms. The van der Waals surface area contributed by atoms with Crippen LogP contribution in [-0.2, 0) is 0 Å². The van der Waals surface area contributed by atoms with E-state index in [-0.39, 0.29) is 17.8 Å². The molecule has 1 saturated heterocycles. The van der Waals surface area contributed by atoms with Crippen LogP contribution in [0.5, 0.6) is 0 Å². The second-order valence-electron chi connectivity index (χ2n) is 4.88. The van der Waals surface area contributed by atoms with Gasteiger partial charge in [0, 0.05) is 19.6 Å². The highest BCUT2D eigenvalue weighted by Crippen LogP contribution is 2.28. The van der Waals surface area contributed by atoms with Crippen LogP contribution in [0.1, 0.15) is 21.3 Å². The number of piperazine rings is 1. The molecule has 1 aliphatic rings. The summed E-state index contributed by atoms with van der Waals surface area (Å²) in [5.41, 5.74) is 0.825. The maximum atomic E-state index is 13.4. The topological polar surface area (TPSA) is 32.3 Å². The molecule has 1 fully saturated rings. The number of benzene rings is 1. The first-order chi connectivity index (χ1) is 10.1. The summed E-state index contributed by atoms with van der Waals surface area (Å²) in [6.07, 6.45) is 0. The van der Waals surface area contributed by atoms with Crippen molar-refractivity contribution in [1.82, 2.24) is 10.2 Å². The van der Waals surface area contributed by atoms with Gasteiger partial charge in [-0.1, -0.05) is 12.1 Å². The van der Waals surface area contributed by atoms with Crippen LogP contribution in [0.25, 0.3) is 0 Å². The van der Waals surface area contributed by atoms with Crippen molar-refractivity contribution in [3.63, 3.8) is 0 Å². The lowest BCUT2D eigenvalue weighted by molar-refractivity contribution is 0.0639. The van der Waals surface area contributed by atoms with Gasteiger partial charge < -0.3 is 10.2 Å². The van der Waals surface area contributed by atoms with E-state index in [0.717, 1.165) is 15.9 Å². The summed E-state index contributed by atoms with van der Waals surface area (Å²) in [7, 11) is 0. The molecule has 1 amide bonds. The van der Waals surface area contributed by atoms with Crippen LogP contribution in [0.2, 0.25) is 0 Å². The molecule has 3 rings (SSSR count). The molecule has 1 aliphatic heterocycles. The van der Waals surface area contributed by atoms with Gasteiger partial charge in [0.05, 0.1) is 14.7 Å². The van der Waals surface area contributed by atoms with Crippen LogP contribution >= 0.6 is 27.3 Å². The number of hydrogen-bond donors (Lipinski definition) is 1. The van der Waals surface area contributed by atoms with Crippen LogP contribution in [0.4, 0.5) is 4.39 Å². The fraction of sp³-hybridized carbons (Fsp3) is 0.267. The van der Waals surface area contributed by atoms with Gasteiger partial charge in [0.25, 0.3) is 5.91 Å².